The number of rotatable bonds is 43. The number of aliphatic hydroxyl groups excluding tert-OH is 2. The molecule has 0 aliphatic heterocycles. The third-order valence-electron chi connectivity index (χ3n) is 11.1. The summed E-state index contributed by atoms with van der Waals surface area (Å²) in [6.07, 6.45) is 48.0. The normalized spacial score (nSPS) is 13.5. The van der Waals surface area contributed by atoms with Crippen LogP contribution in [0.5, 0.6) is 0 Å². The van der Waals surface area contributed by atoms with Crippen molar-refractivity contribution in [3.8, 4) is 0 Å². The maximum atomic E-state index is 13.1. The lowest BCUT2D eigenvalue weighted by Gasteiger charge is -2.24. The van der Waals surface area contributed by atoms with Gasteiger partial charge in [0.2, 0.25) is 5.91 Å². The first-order chi connectivity index (χ1) is 27.0. The van der Waals surface area contributed by atoms with Gasteiger partial charge in [0.15, 0.2) is 0 Å². The zero-order valence-electron chi connectivity index (χ0n) is 36.8. The summed E-state index contributed by atoms with van der Waals surface area (Å²) in [5, 5.41) is 23.7. The van der Waals surface area contributed by atoms with Gasteiger partial charge in [-0.25, -0.2) is 0 Å². The number of carbonyl (C=O) groups excluding carboxylic acids is 2. The van der Waals surface area contributed by atoms with Crippen LogP contribution in [0.4, 0.5) is 0 Å². The second kappa shape index (κ2) is 43.5. The fourth-order valence-corrected chi connectivity index (χ4v) is 7.36. The molecular formula is C49H93NO5. The molecule has 0 bridgehead atoms. The SMILES string of the molecule is CCCCC/C=C/C=C/CCCCCCC(CC(=O)NC(CO)C(O)CCCCCCCCCCCCCCC)OC(=O)CCCCCCCCCCCC. The minimum atomic E-state index is -0.787. The molecule has 0 aliphatic rings. The van der Waals surface area contributed by atoms with Gasteiger partial charge in [-0.1, -0.05) is 212 Å². The third-order valence-corrected chi connectivity index (χ3v) is 11.1. The zero-order chi connectivity index (χ0) is 40.3. The van der Waals surface area contributed by atoms with Crippen molar-refractivity contribution in [1.82, 2.24) is 5.32 Å². The molecule has 0 radical (unpaired) electrons. The van der Waals surface area contributed by atoms with Crippen LogP contribution < -0.4 is 5.32 Å². The van der Waals surface area contributed by atoms with Gasteiger partial charge in [-0.2, -0.15) is 0 Å². The summed E-state index contributed by atoms with van der Waals surface area (Å²) in [4.78, 5) is 26.0. The van der Waals surface area contributed by atoms with Gasteiger partial charge in [-0.15, -0.1) is 0 Å². The number of nitrogens with one attached hydrogen (secondary N) is 1. The van der Waals surface area contributed by atoms with Crippen LogP contribution in [-0.2, 0) is 14.3 Å². The summed E-state index contributed by atoms with van der Waals surface area (Å²) < 4.78 is 5.90. The predicted molar refractivity (Wildman–Crippen MR) is 236 cm³/mol. The van der Waals surface area contributed by atoms with E-state index in [0.29, 0.717) is 19.3 Å². The highest BCUT2D eigenvalue weighted by Crippen LogP contribution is 2.18. The molecule has 0 aliphatic carbocycles. The summed E-state index contributed by atoms with van der Waals surface area (Å²) >= 11 is 0. The van der Waals surface area contributed by atoms with Crippen LogP contribution in [0, 0.1) is 0 Å². The van der Waals surface area contributed by atoms with Crippen molar-refractivity contribution in [2.75, 3.05) is 6.61 Å². The van der Waals surface area contributed by atoms with Crippen LogP contribution >= 0.6 is 0 Å². The van der Waals surface area contributed by atoms with Gasteiger partial charge >= 0.3 is 5.97 Å². The number of carbonyl (C=O) groups is 2. The van der Waals surface area contributed by atoms with E-state index in [1.807, 2.05) is 0 Å². The number of hydrogen-bond acceptors (Lipinski definition) is 5. The van der Waals surface area contributed by atoms with E-state index in [1.54, 1.807) is 0 Å². The van der Waals surface area contributed by atoms with E-state index in [9.17, 15) is 19.8 Å². The van der Waals surface area contributed by atoms with E-state index in [1.165, 1.54) is 135 Å². The first kappa shape index (κ1) is 53.3. The van der Waals surface area contributed by atoms with Gasteiger partial charge in [0.25, 0.3) is 0 Å². The topological polar surface area (TPSA) is 95.9 Å². The monoisotopic (exact) mass is 776 g/mol. The molecule has 1 amide bonds. The first-order valence-electron chi connectivity index (χ1n) is 24.1. The molecule has 0 aromatic heterocycles. The van der Waals surface area contributed by atoms with E-state index >= 15 is 0 Å². The average Bonchev–Trinajstić information content (AvgIpc) is 3.18. The second-order valence-electron chi connectivity index (χ2n) is 16.5. The first-order valence-corrected chi connectivity index (χ1v) is 24.1. The van der Waals surface area contributed by atoms with Gasteiger partial charge in [0.1, 0.15) is 6.10 Å². The number of unbranched alkanes of at least 4 members (excludes halogenated alkanes) is 28. The fourth-order valence-electron chi connectivity index (χ4n) is 7.36. The fraction of sp³-hybridized carbons (Fsp3) is 0.878. The lowest BCUT2D eigenvalue weighted by Crippen LogP contribution is -2.46. The molecule has 324 valence electrons. The molecule has 55 heavy (non-hydrogen) atoms. The van der Waals surface area contributed by atoms with Crippen molar-refractivity contribution in [3.63, 3.8) is 0 Å². The van der Waals surface area contributed by atoms with Crippen LogP contribution in [0.25, 0.3) is 0 Å². The highest BCUT2D eigenvalue weighted by molar-refractivity contribution is 5.77. The van der Waals surface area contributed by atoms with Crippen molar-refractivity contribution < 1.29 is 24.5 Å². The van der Waals surface area contributed by atoms with E-state index in [-0.39, 0.29) is 24.9 Å². The van der Waals surface area contributed by atoms with Crippen LogP contribution in [0.3, 0.4) is 0 Å². The molecule has 3 unspecified atom stereocenters. The van der Waals surface area contributed by atoms with Crippen LogP contribution in [-0.4, -0.2) is 46.9 Å². The van der Waals surface area contributed by atoms with E-state index < -0.39 is 18.2 Å². The standard InChI is InChI=1S/C49H93NO5/c1-4-7-10-13-16-19-22-24-26-28-31-34-37-40-45(55-49(54)42-39-36-33-30-21-18-15-12-9-6-3)43-48(53)50-46(44-51)47(52)41-38-35-32-29-27-25-23-20-17-14-11-8-5-2/h16,19,22,24,45-47,51-52H,4-15,17-18,20-21,23,25-44H2,1-3H3,(H,50,53)/b19-16+,24-22+. The molecule has 0 aromatic carbocycles. The Kier molecular flexibility index (Phi) is 42.2. The summed E-state index contributed by atoms with van der Waals surface area (Å²) in [6, 6.07) is -0.702. The van der Waals surface area contributed by atoms with Crippen molar-refractivity contribution in [2.45, 2.75) is 270 Å². The molecule has 6 heteroatoms. The Morgan fingerprint density at radius 3 is 1.38 bits per heavy atom. The molecule has 0 rings (SSSR count). The van der Waals surface area contributed by atoms with E-state index in [4.69, 9.17) is 4.74 Å². The highest BCUT2D eigenvalue weighted by Gasteiger charge is 2.24. The van der Waals surface area contributed by atoms with Crippen LogP contribution in [0.1, 0.15) is 252 Å². The molecule has 6 nitrogen and oxygen atoms in total. The predicted octanol–water partition coefficient (Wildman–Crippen LogP) is 14.0. The van der Waals surface area contributed by atoms with Crippen LogP contribution in [0.15, 0.2) is 24.3 Å². The molecular weight excluding hydrogens is 683 g/mol. The Labute approximate surface area is 341 Å². The second-order valence-corrected chi connectivity index (χ2v) is 16.5. The molecule has 0 saturated carbocycles. The van der Waals surface area contributed by atoms with Crippen molar-refractivity contribution in [2.24, 2.45) is 0 Å². The maximum Gasteiger partial charge on any atom is 0.306 e. The molecule has 0 saturated heterocycles. The molecule has 0 fully saturated rings. The third kappa shape index (κ3) is 39.0. The number of hydrogen-bond donors (Lipinski definition) is 3. The summed E-state index contributed by atoms with van der Waals surface area (Å²) in [6.45, 7) is 6.44. The minimum Gasteiger partial charge on any atom is -0.462 e. The van der Waals surface area contributed by atoms with Gasteiger partial charge in [-0.3, -0.25) is 9.59 Å². The average molecular weight is 776 g/mol. The largest absolute Gasteiger partial charge is 0.462 e. The van der Waals surface area contributed by atoms with E-state index in [2.05, 4.69) is 50.4 Å². The summed E-state index contributed by atoms with van der Waals surface area (Å²) in [5.41, 5.74) is 0. The highest BCUT2D eigenvalue weighted by atomic mass is 16.5. The van der Waals surface area contributed by atoms with E-state index in [0.717, 1.165) is 70.6 Å². The van der Waals surface area contributed by atoms with Gasteiger partial charge < -0.3 is 20.3 Å². The van der Waals surface area contributed by atoms with Crippen LogP contribution in [0.2, 0.25) is 0 Å². The van der Waals surface area contributed by atoms with Crippen molar-refractivity contribution >= 4 is 11.9 Å². The van der Waals surface area contributed by atoms with Crippen molar-refractivity contribution in [3.05, 3.63) is 24.3 Å². The number of allylic oxidation sites excluding steroid dienone is 4. The Bertz CT molecular complexity index is 873. The van der Waals surface area contributed by atoms with Gasteiger partial charge in [0, 0.05) is 6.42 Å². The number of aliphatic hydroxyl groups is 2. The maximum absolute atomic E-state index is 13.1. The molecule has 0 aromatic rings. The summed E-state index contributed by atoms with van der Waals surface area (Å²) in [5.74, 6) is -0.487. The summed E-state index contributed by atoms with van der Waals surface area (Å²) in [7, 11) is 0. The number of esters is 1. The van der Waals surface area contributed by atoms with Gasteiger partial charge in [-0.05, 0) is 51.4 Å². The van der Waals surface area contributed by atoms with Gasteiger partial charge in [0.05, 0.1) is 25.2 Å². The Morgan fingerprint density at radius 2 is 0.909 bits per heavy atom. The Morgan fingerprint density at radius 1 is 0.527 bits per heavy atom. The lowest BCUT2D eigenvalue weighted by atomic mass is 10.0. The molecule has 0 spiro atoms. The van der Waals surface area contributed by atoms with Crippen molar-refractivity contribution in [1.29, 1.82) is 0 Å². The lowest BCUT2D eigenvalue weighted by molar-refractivity contribution is -0.151. The Balaban J connectivity index is 4.58. The molecule has 3 atom stereocenters. The number of amides is 1. The number of ether oxygens (including phenoxy) is 1. The molecule has 3 N–H and O–H groups in total. The minimum absolute atomic E-state index is 0.0685. The quantitative estimate of drug-likeness (QED) is 0.0326. The zero-order valence-corrected chi connectivity index (χ0v) is 36.8. The smallest absolute Gasteiger partial charge is 0.306 e. The Hall–Kier alpha value is -1.66. The molecule has 0 heterocycles.